The summed E-state index contributed by atoms with van der Waals surface area (Å²) in [4.78, 5) is 0. The Hall–Kier alpha value is -2.40. The topological polar surface area (TPSA) is 47.7 Å². The minimum absolute atomic E-state index is 0.297. The minimum atomic E-state index is 0.297. The molecule has 0 amide bonds. The van der Waals surface area contributed by atoms with Crippen LogP contribution in [0.25, 0.3) is 5.69 Å². The number of para-hydroxylation sites is 1. The summed E-state index contributed by atoms with van der Waals surface area (Å²) < 4.78 is 3.87. The first-order chi connectivity index (χ1) is 10.7. The van der Waals surface area contributed by atoms with Gasteiger partial charge in [0.2, 0.25) is 0 Å². The molecule has 1 N–H and O–H groups in total. The van der Waals surface area contributed by atoms with Crippen molar-refractivity contribution in [2.75, 3.05) is 0 Å². The van der Waals surface area contributed by atoms with E-state index in [-0.39, 0.29) is 0 Å². The second kappa shape index (κ2) is 6.58. The Morgan fingerprint density at radius 1 is 1.05 bits per heavy atom. The molecule has 3 aromatic rings. The van der Waals surface area contributed by atoms with Crippen LogP contribution in [0, 0.1) is 0 Å². The lowest BCUT2D eigenvalue weighted by Crippen LogP contribution is -2.33. The number of hydrogen-bond acceptors (Lipinski definition) is 3. The standard InChI is InChI=1S/C17H21N5/c1-14(15(2)21-11-6-10-19-21)18-13-16-9-12-22(20-16)17-7-4-3-5-8-17/h3-12,14-15,18H,13H2,1-2H3. The molecule has 2 heterocycles. The first kappa shape index (κ1) is 14.5. The summed E-state index contributed by atoms with van der Waals surface area (Å²) in [5, 5.41) is 12.4. The molecule has 5 heteroatoms. The van der Waals surface area contributed by atoms with Crippen LogP contribution >= 0.6 is 0 Å². The number of benzene rings is 1. The van der Waals surface area contributed by atoms with Crippen molar-refractivity contribution in [2.24, 2.45) is 0 Å². The molecular weight excluding hydrogens is 274 g/mol. The van der Waals surface area contributed by atoms with Crippen molar-refractivity contribution in [3.8, 4) is 5.69 Å². The van der Waals surface area contributed by atoms with Crippen molar-refractivity contribution >= 4 is 0 Å². The SMILES string of the molecule is CC(NCc1ccn(-c2ccccc2)n1)C(C)n1cccn1. The molecule has 0 aliphatic heterocycles. The number of hydrogen-bond donors (Lipinski definition) is 1. The Morgan fingerprint density at radius 2 is 1.86 bits per heavy atom. The molecule has 5 nitrogen and oxygen atoms in total. The third-order valence-corrected chi connectivity index (χ3v) is 3.94. The van der Waals surface area contributed by atoms with Crippen LogP contribution in [0.1, 0.15) is 25.6 Å². The monoisotopic (exact) mass is 295 g/mol. The van der Waals surface area contributed by atoms with E-state index in [1.54, 1.807) is 0 Å². The molecule has 2 aromatic heterocycles. The molecule has 0 saturated carbocycles. The van der Waals surface area contributed by atoms with Gasteiger partial charge in [0.05, 0.1) is 17.4 Å². The van der Waals surface area contributed by atoms with Gasteiger partial charge in [-0.1, -0.05) is 18.2 Å². The molecule has 0 bridgehead atoms. The minimum Gasteiger partial charge on any atom is -0.306 e. The summed E-state index contributed by atoms with van der Waals surface area (Å²) in [6.45, 7) is 5.07. The van der Waals surface area contributed by atoms with Crippen molar-refractivity contribution in [1.82, 2.24) is 24.9 Å². The van der Waals surface area contributed by atoms with Gasteiger partial charge in [0.15, 0.2) is 0 Å². The van der Waals surface area contributed by atoms with Crippen molar-refractivity contribution < 1.29 is 0 Å². The van der Waals surface area contributed by atoms with Gasteiger partial charge in [-0.2, -0.15) is 10.2 Å². The Bertz CT molecular complexity index is 687. The van der Waals surface area contributed by atoms with Crippen molar-refractivity contribution in [3.05, 3.63) is 66.7 Å². The first-order valence-electron chi connectivity index (χ1n) is 7.56. The maximum atomic E-state index is 4.61. The number of nitrogens with zero attached hydrogens (tertiary/aromatic N) is 4. The van der Waals surface area contributed by atoms with E-state index < -0.39 is 0 Å². The maximum absolute atomic E-state index is 4.61. The van der Waals surface area contributed by atoms with Crippen molar-refractivity contribution in [2.45, 2.75) is 32.5 Å². The normalized spacial score (nSPS) is 13.9. The molecule has 22 heavy (non-hydrogen) atoms. The van der Waals surface area contributed by atoms with Crippen LogP contribution in [0.2, 0.25) is 0 Å². The van der Waals surface area contributed by atoms with E-state index in [0.717, 1.165) is 17.9 Å². The third kappa shape index (κ3) is 3.26. The smallest absolute Gasteiger partial charge is 0.0766 e. The fourth-order valence-corrected chi connectivity index (χ4v) is 2.37. The fraction of sp³-hybridized carbons (Fsp3) is 0.294. The Labute approximate surface area is 130 Å². The van der Waals surface area contributed by atoms with Gasteiger partial charge < -0.3 is 5.32 Å². The van der Waals surface area contributed by atoms with Crippen molar-refractivity contribution in [3.63, 3.8) is 0 Å². The number of nitrogens with one attached hydrogen (secondary N) is 1. The van der Waals surface area contributed by atoms with Gasteiger partial charge >= 0.3 is 0 Å². The molecule has 0 radical (unpaired) electrons. The molecule has 2 unspecified atom stereocenters. The van der Waals surface area contributed by atoms with Crippen molar-refractivity contribution in [1.29, 1.82) is 0 Å². The number of aromatic nitrogens is 4. The Kier molecular flexibility index (Phi) is 4.34. The molecule has 0 aliphatic rings. The van der Waals surface area contributed by atoms with Crippen LogP contribution in [0.5, 0.6) is 0 Å². The highest BCUT2D eigenvalue weighted by molar-refractivity contribution is 5.30. The predicted octanol–water partition coefficient (Wildman–Crippen LogP) is 2.81. The highest BCUT2D eigenvalue weighted by atomic mass is 15.3. The molecule has 0 saturated heterocycles. The predicted molar refractivity (Wildman–Crippen MR) is 86.8 cm³/mol. The molecule has 114 valence electrons. The Balaban J connectivity index is 1.59. The van der Waals surface area contributed by atoms with Gasteiger partial charge in [-0.25, -0.2) is 4.68 Å². The molecule has 3 rings (SSSR count). The summed E-state index contributed by atoms with van der Waals surface area (Å²) in [6, 6.07) is 14.7. The van der Waals surface area contributed by atoms with Crippen LogP contribution in [0.15, 0.2) is 61.1 Å². The van der Waals surface area contributed by atoms with Crippen LogP contribution in [-0.4, -0.2) is 25.6 Å². The average Bonchev–Trinajstić information content (AvgIpc) is 3.24. The zero-order chi connectivity index (χ0) is 15.4. The zero-order valence-electron chi connectivity index (χ0n) is 12.9. The van der Waals surface area contributed by atoms with E-state index in [9.17, 15) is 0 Å². The lowest BCUT2D eigenvalue weighted by atomic mass is 10.1. The summed E-state index contributed by atoms with van der Waals surface area (Å²) in [7, 11) is 0. The zero-order valence-corrected chi connectivity index (χ0v) is 12.9. The van der Waals surface area contributed by atoms with E-state index in [4.69, 9.17) is 0 Å². The van der Waals surface area contributed by atoms with Crippen LogP contribution < -0.4 is 5.32 Å². The van der Waals surface area contributed by atoms with E-state index in [0.29, 0.717) is 12.1 Å². The fourth-order valence-electron chi connectivity index (χ4n) is 2.37. The second-order valence-corrected chi connectivity index (χ2v) is 5.48. The molecular formula is C17H21N5. The van der Waals surface area contributed by atoms with Crippen LogP contribution in [-0.2, 0) is 6.54 Å². The lowest BCUT2D eigenvalue weighted by molar-refractivity contribution is 0.363. The van der Waals surface area contributed by atoms with E-state index in [1.807, 2.05) is 70.4 Å². The van der Waals surface area contributed by atoms with E-state index >= 15 is 0 Å². The van der Waals surface area contributed by atoms with Crippen LogP contribution in [0.3, 0.4) is 0 Å². The largest absolute Gasteiger partial charge is 0.306 e. The summed E-state index contributed by atoms with van der Waals surface area (Å²) in [5.41, 5.74) is 2.11. The molecule has 1 aromatic carbocycles. The molecule has 0 fully saturated rings. The Morgan fingerprint density at radius 3 is 2.59 bits per heavy atom. The average molecular weight is 295 g/mol. The quantitative estimate of drug-likeness (QED) is 0.760. The second-order valence-electron chi connectivity index (χ2n) is 5.48. The molecule has 0 spiro atoms. The third-order valence-electron chi connectivity index (χ3n) is 3.94. The summed E-state index contributed by atoms with van der Waals surface area (Å²) >= 11 is 0. The highest BCUT2D eigenvalue weighted by Gasteiger charge is 2.14. The van der Waals surface area contributed by atoms with Crippen LogP contribution in [0.4, 0.5) is 0 Å². The van der Waals surface area contributed by atoms with Gasteiger partial charge in [0, 0.05) is 31.2 Å². The van der Waals surface area contributed by atoms with Gasteiger partial charge in [-0.3, -0.25) is 4.68 Å². The summed E-state index contributed by atoms with van der Waals surface area (Å²) in [6.07, 6.45) is 5.80. The van der Waals surface area contributed by atoms with Gasteiger partial charge in [-0.15, -0.1) is 0 Å². The molecule has 2 atom stereocenters. The summed E-state index contributed by atoms with van der Waals surface area (Å²) in [5.74, 6) is 0. The van der Waals surface area contributed by atoms with Gasteiger partial charge in [0.1, 0.15) is 0 Å². The lowest BCUT2D eigenvalue weighted by Gasteiger charge is -2.21. The molecule has 0 aliphatic carbocycles. The van der Waals surface area contributed by atoms with Gasteiger partial charge in [-0.05, 0) is 38.1 Å². The number of rotatable bonds is 6. The van der Waals surface area contributed by atoms with Gasteiger partial charge in [0.25, 0.3) is 0 Å². The van der Waals surface area contributed by atoms with E-state index in [1.165, 1.54) is 0 Å². The first-order valence-corrected chi connectivity index (χ1v) is 7.56. The maximum Gasteiger partial charge on any atom is 0.0766 e. The highest BCUT2D eigenvalue weighted by Crippen LogP contribution is 2.10. The van der Waals surface area contributed by atoms with E-state index in [2.05, 4.69) is 29.4 Å².